The minimum absolute atomic E-state index is 0.129. The lowest BCUT2D eigenvalue weighted by Crippen LogP contribution is -2.34. The van der Waals surface area contributed by atoms with Crippen molar-refractivity contribution in [3.05, 3.63) is 0 Å². The van der Waals surface area contributed by atoms with Crippen LogP contribution in [-0.4, -0.2) is 35.7 Å². The Bertz CT molecular complexity index is 160. The molecule has 1 rings (SSSR count). The van der Waals surface area contributed by atoms with Crippen LogP contribution in [0.4, 0.5) is 0 Å². The first-order chi connectivity index (χ1) is 6.67. The van der Waals surface area contributed by atoms with E-state index in [0.717, 1.165) is 18.9 Å². The predicted octanol–water partition coefficient (Wildman–Crippen LogP) is 2.13. The van der Waals surface area contributed by atoms with Gasteiger partial charge in [0.2, 0.25) is 0 Å². The standard InChI is InChI=1S/C12H25NO/c1-4-10(3)12(14)9-13-7-6-11(5-2)8-13/h10-12,14H,4-9H2,1-3H3. The normalized spacial score (nSPS) is 27.9. The van der Waals surface area contributed by atoms with Gasteiger partial charge in [-0.25, -0.2) is 0 Å². The first-order valence-corrected chi connectivity index (χ1v) is 6.07. The fourth-order valence-electron chi connectivity index (χ4n) is 2.13. The lowest BCUT2D eigenvalue weighted by Gasteiger charge is -2.23. The van der Waals surface area contributed by atoms with Gasteiger partial charge in [-0.15, -0.1) is 0 Å². The Morgan fingerprint density at radius 2 is 2.14 bits per heavy atom. The van der Waals surface area contributed by atoms with Crippen molar-refractivity contribution in [1.82, 2.24) is 4.90 Å². The van der Waals surface area contributed by atoms with Crippen LogP contribution >= 0.6 is 0 Å². The van der Waals surface area contributed by atoms with Crippen LogP contribution < -0.4 is 0 Å². The summed E-state index contributed by atoms with van der Waals surface area (Å²) in [6.45, 7) is 9.81. The van der Waals surface area contributed by atoms with E-state index < -0.39 is 0 Å². The van der Waals surface area contributed by atoms with Crippen molar-refractivity contribution in [2.45, 2.75) is 46.1 Å². The van der Waals surface area contributed by atoms with Gasteiger partial charge in [-0.3, -0.25) is 0 Å². The van der Waals surface area contributed by atoms with Crippen LogP contribution in [0.1, 0.15) is 40.0 Å². The van der Waals surface area contributed by atoms with Gasteiger partial charge in [0.25, 0.3) is 0 Å². The molecule has 14 heavy (non-hydrogen) atoms. The van der Waals surface area contributed by atoms with Gasteiger partial charge in [-0.2, -0.15) is 0 Å². The van der Waals surface area contributed by atoms with Crippen LogP contribution in [0.15, 0.2) is 0 Å². The van der Waals surface area contributed by atoms with Crippen molar-refractivity contribution in [3.8, 4) is 0 Å². The predicted molar refractivity (Wildman–Crippen MR) is 60.3 cm³/mol. The van der Waals surface area contributed by atoms with Crippen molar-refractivity contribution in [2.24, 2.45) is 11.8 Å². The smallest absolute Gasteiger partial charge is 0.0692 e. The topological polar surface area (TPSA) is 23.5 Å². The molecule has 1 fully saturated rings. The Balaban J connectivity index is 2.24. The van der Waals surface area contributed by atoms with E-state index in [1.54, 1.807) is 0 Å². The van der Waals surface area contributed by atoms with Crippen molar-refractivity contribution in [3.63, 3.8) is 0 Å². The SMILES string of the molecule is CCC1CCN(CC(O)C(C)CC)C1. The molecule has 84 valence electrons. The number of β-amino-alcohol motifs (C(OH)–C–C–N with tert-alkyl or cyclic N) is 1. The van der Waals surface area contributed by atoms with Gasteiger partial charge in [-0.05, 0) is 24.8 Å². The van der Waals surface area contributed by atoms with Gasteiger partial charge in [0.1, 0.15) is 0 Å². The van der Waals surface area contributed by atoms with Crippen LogP contribution in [0.25, 0.3) is 0 Å². The molecule has 2 heteroatoms. The second kappa shape index (κ2) is 5.72. The maximum atomic E-state index is 9.90. The molecule has 0 aliphatic carbocycles. The summed E-state index contributed by atoms with van der Waals surface area (Å²) in [6.07, 6.45) is 3.56. The summed E-state index contributed by atoms with van der Waals surface area (Å²) in [5, 5.41) is 9.90. The van der Waals surface area contributed by atoms with Crippen LogP contribution in [0.5, 0.6) is 0 Å². The van der Waals surface area contributed by atoms with E-state index in [4.69, 9.17) is 0 Å². The van der Waals surface area contributed by atoms with Crippen molar-refractivity contribution in [2.75, 3.05) is 19.6 Å². The van der Waals surface area contributed by atoms with Crippen molar-refractivity contribution < 1.29 is 5.11 Å². The van der Waals surface area contributed by atoms with E-state index in [9.17, 15) is 5.11 Å². The van der Waals surface area contributed by atoms with Gasteiger partial charge >= 0.3 is 0 Å². The highest BCUT2D eigenvalue weighted by molar-refractivity contribution is 4.77. The number of hydrogen-bond acceptors (Lipinski definition) is 2. The number of likely N-dealkylation sites (tertiary alicyclic amines) is 1. The molecule has 0 saturated carbocycles. The van der Waals surface area contributed by atoms with Gasteiger partial charge in [-0.1, -0.05) is 33.6 Å². The molecule has 1 saturated heterocycles. The van der Waals surface area contributed by atoms with E-state index in [1.807, 2.05) is 0 Å². The Labute approximate surface area is 88.3 Å². The number of rotatable bonds is 5. The monoisotopic (exact) mass is 199 g/mol. The molecule has 1 aliphatic rings. The highest BCUT2D eigenvalue weighted by atomic mass is 16.3. The third-order valence-electron chi connectivity index (χ3n) is 3.69. The molecule has 0 radical (unpaired) electrons. The van der Waals surface area contributed by atoms with Crippen LogP contribution in [0.2, 0.25) is 0 Å². The molecule has 3 atom stereocenters. The third-order valence-corrected chi connectivity index (χ3v) is 3.69. The summed E-state index contributed by atoms with van der Waals surface area (Å²) < 4.78 is 0. The first kappa shape index (κ1) is 12.0. The molecule has 1 N–H and O–H groups in total. The maximum absolute atomic E-state index is 9.90. The zero-order valence-electron chi connectivity index (χ0n) is 9.87. The second-order valence-electron chi connectivity index (χ2n) is 4.78. The number of aliphatic hydroxyl groups is 1. The van der Waals surface area contributed by atoms with Crippen LogP contribution in [0.3, 0.4) is 0 Å². The quantitative estimate of drug-likeness (QED) is 0.733. The molecule has 0 aromatic carbocycles. The minimum Gasteiger partial charge on any atom is -0.392 e. The molecular weight excluding hydrogens is 174 g/mol. The summed E-state index contributed by atoms with van der Waals surface area (Å²) in [5.41, 5.74) is 0. The van der Waals surface area contributed by atoms with Crippen molar-refractivity contribution in [1.29, 1.82) is 0 Å². The van der Waals surface area contributed by atoms with Gasteiger partial charge < -0.3 is 10.0 Å². The lowest BCUT2D eigenvalue weighted by atomic mass is 10.0. The first-order valence-electron chi connectivity index (χ1n) is 6.07. The highest BCUT2D eigenvalue weighted by Gasteiger charge is 2.24. The van der Waals surface area contributed by atoms with E-state index in [2.05, 4.69) is 25.7 Å². The Morgan fingerprint density at radius 1 is 1.43 bits per heavy atom. The highest BCUT2D eigenvalue weighted by Crippen LogP contribution is 2.20. The number of hydrogen-bond donors (Lipinski definition) is 1. The molecule has 1 aliphatic heterocycles. The molecular formula is C12H25NO. The van der Waals surface area contributed by atoms with E-state index in [1.165, 1.54) is 25.9 Å². The number of aliphatic hydroxyl groups excluding tert-OH is 1. The average molecular weight is 199 g/mol. The largest absolute Gasteiger partial charge is 0.392 e. The molecule has 0 aromatic rings. The average Bonchev–Trinajstić information content (AvgIpc) is 2.64. The summed E-state index contributed by atoms with van der Waals surface area (Å²) in [5.74, 6) is 1.31. The second-order valence-corrected chi connectivity index (χ2v) is 4.78. The molecule has 0 amide bonds. The zero-order chi connectivity index (χ0) is 10.6. The molecule has 1 heterocycles. The van der Waals surface area contributed by atoms with Crippen LogP contribution in [-0.2, 0) is 0 Å². The summed E-state index contributed by atoms with van der Waals surface area (Å²) >= 11 is 0. The minimum atomic E-state index is -0.129. The molecule has 0 aromatic heterocycles. The molecule has 3 unspecified atom stereocenters. The van der Waals surface area contributed by atoms with Crippen LogP contribution in [0, 0.1) is 11.8 Å². The van der Waals surface area contributed by atoms with Crippen molar-refractivity contribution >= 4 is 0 Å². The summed E-state index contributed by atoms with van der Waals surface area (Å²) in [4.78, 5) is 2.42. The van der Waals surface area contributed by atoms with E-state index in [0.29, 0.717) is 5.92 Å². The Hall–Kier alpha value is -0.0800. The van der Waals surface area contributed by atoms with E-state index >= 15 is 0 Å². The third kappa shape index (κ3) is 3.25. The zero-order valence-corrected chi connectivity index (χ0v) is 9.87. The molecule has 0 spiro atoms. The fraction of sp³-hybridized carbons (Fsp3) is 1.00. The lowest BCUT2D eigenvalue weighted by molar-refractivity contribution is 0.0757. The van der Waals surface area contributed by atoms with Gasteiger partial charge in [0, 0.05) is 13.1 Å². The fourth-order valence-corrected chi connectivity index (χ4v) is 2.13. The summed E-state index contributed by atoms with van der Waals surface area (Å²) in [6, 6.07) is 0. The number of nitrogens with zero attached hydrogens (tertiary/aromatic N) is 1. The molecule has 0 bridgehead atoms. The van der Waals surface area contributed by atoms with Gasteiger partial charge in [0.15, 0.2) is 0 Å². The Morgan fingerprint density at radius 3 is 2.64 bits per heavy atom. The molecule has 2 nitrogen and oxygen atoms in total. The maximum Gasteiger partial charge on any atom is 0.0692 e. The van der Waals surface area contributed by atoms with E-state index in [-0.39, 0.29) is 6.10 Å². The summed E-state index contributed by atoms with van der Waals surface area (Å²) in [7, 11) is 0. The Kier molecular flexibility index (Phi) is 4.90. The van der Waals surface area contributed by atoms with Gasteiger partial charge in [0.05, 0.1) is 6.10 Å².